The number of phenols is 2. The molecular weight excluding hydrogens is 256 g/mol. The molecule has 0 amide bonds. The largest absolute Gasteiger partial charge is 0.508 e. The van der Waals surface area contributed by atoms with Crippen molar-refractivity contribution in [1.82, 2.24) is 0 Å². The van der Waals surface area contributed by atoms with Crippen molar-refractivity contribution in [1.29, 1.82) is 0 Å². The first-order chi connectivity index (χ1) is 9.69. The minimum atomic E-state index is 0.246. The molecule has 102 valence electrons. The molecule has 1 aliphatic carbocycles. The van der Waals surface area contributed by atoms with Crippen molar-refractivity contribution in [3.8, 4) is 34.1 Å². The zero-order valence-electron chi connectivity index (χ0n) is 11.1. The third kappa shape index (κ3) is 1.36. The number of rotatable bonds is 1. The van der Waals surface area contributed by atoms with Gasteiger partial charge < -0.3 is 19.7 Å². The van der Waals surface area contributed by atoms with Gasteiger partial charge in [0.2, 0.25) is 0 Å². The summed E-state index contributed by atoms with van der Waals surface area (Å²) in [4.78, 5) is 0. The molecule has 2 aromatic carbocycles. The Kier molecular flexibility index (Phi) is 2.19. The lowest BCUT2D eigenvalue weighted by Gasteiger charge is -2.30. The van der Waals surface area contributed by atoms with Crippen LogP contribution in [-0.4, -0.2) is 17.3 Å². The quantitative estimate of drug-likeness (QED) is 0.836. The summed E-state index contributed by atoms with van der Waals surface area (Å²) in [7, 11) is 1.57. The molecule has 0 unspecified atom stereocenters. The summed E-state index contributed by atoms with van der Waals surface area (Å²) in [6.07, 6.45) is 1.54. The Balaban J connectivity index is 2.11. The van der Waals surface area contributed by atoms with Crippen molar-refractivity contribution < 1.29 is 19.7 Å². The average molecular weight is 270 g/mol. The van der Waals surface area contributed by atoms with E-state index in [-0.39, 0.29) is 11.5 Å². The van der Waals surface area contributed by atoms with Gasteiger partial charge in [0.1, 0.15) is 18.1 Å². The van der Waals surface area contributed by atoms with Crippen molar-refractivity contribution >= 4 is 0 Å². The fourth-order valence-corrected chi connectivity index (χ4v) is 3.27. The summed E-state index contributed by atoms with van der Waals surface area (Å²) in [6, 6.07) is 5.14. The minimum Gasteiger partial charge on any atom is -0.508 e. The predicted molar refractivity (Wildman–Crippen MR) is 73.5 cm³/mol. The summed E-state index contributed by atoms with van der Waals surface area (Å²) >= 11 is 0. The van der Waals surface area contributed by atoms with E-state index in [9.17, 15) is 10.2 Å². The van der Waals surface area contributed by atoms with Crippen LogP contribution in [-0.2, 0) is 19.4 Å². The lowest BCUT2D eigenvalue weighted by Crippen LogP contribution is -2.15. The molecule has 2 aliphatic rings. The summed E-state index contributed by atoms with van der Waals surface area (Å²) < 4.78 is 11.1. The summed E-state index contributed by atoms with van der Waals surface area (Å²) in [5, 5.41) is 20.0. The van der Waals surface area contributed by atoms with Crippen LogP contribution < -0.4 is 9.47 Å². The van der Waals surface area contributed by atoms with E-state index in [4.69, 9.17) is 9.47 Å². The predicted octanol–water partition coefficient (Wildman–Crippen LogP) is 2.76. The Hall–Kier alpha value is -2.36. The average Bonchev–Trinajstić information content (AvgIpc) is 2.45. The van der Waals surface area contributed by atoms with Crippen LogP contribution in [0, 0.1) is 0 Å². The van der Waals surface area contributed by atoms with E-state index >= 15 is 0 Å². The fourth-order valence-electron chi connectivity index (χ4n) is 3.27. The second-order valence-electron chi connectivity index (χ2n) is 5.21. The van der Waals surface area contributed by atoms with E-state index in [0.29, 0.717) is 18.1 Å². The lowest BCUT2D eigenvalue weighted by atomic mass is 9.80. The first-order valence-corrected chi connectivity index (χ1v) is 6.60. The van der Waals surface area contributed by atoms with Crippen molar-refractivity contribution in [3.05, 3.63) is 34.9 Å². The maximum absolute atomic E-state index is 10.2. The molecule has 2 aromatic rings. The number of benzene rings is 2. The van der Waals surface area contributed by atoms with Gasteiger partial charge in [-0.1, -0.05) is 0 Å². The van der Waals surface area contributed by atoms with Gasteiger partial charge in [-0.2, -0.15) is 0 Å². The van der Waals surface area contributed by atoms with Gasteiger partial charge in [0.25, 0.3) is 0 Å². The fraction of sp³-hybridized carbons (Fsp3) is 0.250. The van der Waals surface area contributed by atoms with Gasteiger partial charge in [-0.15, -0.1) is 0 Å². The van der Waals surface area contributed by atoms with Crippen molar-refractivity contribution in [3.63, 3.8) is 0 Å². The van der Waals surface area contributed by atoms with Gasteiger partial charge in [-0.3, -0.25) is 0 Å². The van der Waals surface area contributed by atoms with Crippen LogP contribution in [0.3, 0.4) is 0 Å². The topological polar surface area (TPSA) is 58.9 Å². The monoisotopic (exact) mass is 270 g/mol. The van der Waals surface area contributed by atoms with E-state index < -0.39 is 0 Å². The SMILES string of the molecule is COc1cc(O)c2c3c1OCc1cc(O)cc(c1-3)CC2. The molecule has 4 nitrogen and oxygen atoms in total. The van der Waals surface area contributed by atoms with Crippen LogP contribution in [0.15, 0.2) is 18.2 Å². The standard InChI is InChI=1S/C16H14O4/c1-19-13-6-12(18)11-3-2-8-4-10(17)5-9-7-20-16(13)15(11)14(8)9/h4-6,17-18H,2-3,7H2,1H3. The molecule has 0 spiro atoms. The molecule has 0 atom stereocenters. The smallest absolute Gasteiger partial charge is 0.170 e. The second-order valence-corrected chi connectivity index (χ2v) is 5.21. The highest BCUT2D eigenvalue weighted by Crippen LogP contribution is 2.52. The first-order valence-electron chi connectivity index (χ1n) is 6.60. The highest BCUT2D eigenvalue weighted by Gasteiger charge is 2.31. The Labute approximate surface area is 116 Å². The number of aryl methyl sites for hydroxylation is 1. The molecule has 4 rings (SSSR count). The summed E-state index contributed by atoms with van der Waals surface area (Å²) in [5.74, 6) is 1.75. The van der Waals surface area contributed by atoms with E-state index in [1.165, 1.54) is 0 Å². The van der Waals surface area contributed by atoms with Crippen LogP contribution >= 0.6 is 0 Å². The molecule has 1 aliphatic heterocycles. The van der Waals surface area contributed by atoms with Crippen LogP contribution in [0.5, 0.6) is 23.0 Å². The normalized spacial score (nSPS) is 14.4. The molecule has 0 saturated heterocycles. The number of phenolic OH excluding ortho intramolecular Hbond substituents is 2. The Bertz CT molecular complexity index is 717. The van der Waals surface area contributed by atoms with Gasteiger partial charge in [-0.05, 0) is 36.1 Å². The Morgan fingerprint density at radius 2 is 1.85 bits per heavy atom. The number of aromatic hydroxyl groups is 2. The molecule has 1 heterocycles. The van der Waals surface area contributed by atoms with Crippen molar-refractivity contribution in [2.45, 2.75) is 19.4 Å². The highest BCUT2D eigenvalue weighted by atomic mass is 16.5. The Morgan fingerprint density at radius 3 is 2.65 bits per heavy atom. The summed E-state index contributed by atoms with van der Waals surface area (Å²) in [5.41, 5.74) is 4.97. The lowest BCUT2D eigenvalue weighted by molar-refractivity contribution is 0.278. The van der Waals surface area contributed by atoms with Gasteiger partial charge in [0.05, 0.1) is 7.11 Å². The zero-order chi connectivity index (χ0) is 13.9. The number of methoxy groups -OCH3 is 1. The number of hydrogen-bond donors (Lipinski definition) is 2. The van der Waals surface area contributed by atoms with E-state index in [2.05, 4.69) is 0 Å². The van der Waals surface area contributed by atoms with Crippen LogP contribution in [0.25, 0.3) is 11.1 Å². The third-order valence-corrected chi connectivity index (χ3v) is 4.10. The Morgan fingerprint density at radius 1 is 1.05 bits per heavy atom. The zero-order valence-corrected chi connectivity index (χ0v) is 11.1. The molecule has 0 aromatic heterocycles. The van der Waals surface area contributed by atoms with Gasteiger partial charge in [0.15, 0.2) is 11.5 Å². The van der Waals surface area contributed by atoms with Crippen LogP contribution in [0.1, 0.15) is 16.7 Å². The molecule has 0 fully saturated rings. The van der Waals surface area contributed by atoms with Gasteiger partial charge in [-0.25, -0.2) is 0 Å². The van der Waals surface area contributed by atoms with Crippen molar-refractivity contribution in [2.24, 2.45) is 0 Å². The maximum atomic E-state index is 10.2. The first kappa shape index (κ1) is 11.5. The maximum Gasteiger partial charge on any atom is 0.170 e. The molecule has 4 heteroatoms. The summed E-state index contributed by atoms with van der Waals surface area (Å²) in [6.45, 7) is 0.407. The van der Waals surface area contributed by atoms with Crippen LogP contribution in [0.2, 0.25) is 0 Å². The van der Waals surface area contributed by atoms with Gasteiger partial charge >= 0.3 is 0 Å². The molecule has 0 radical (unpaired) electrons. The number of ether oxygens (including phenoxy) is 2. The van der Waals surface area contributed by atoms with Gasteiger partial charge in [0, 0.05) is 22.8 Å². The molecule has 0 bridgehead atoms. The third-order valence-electron chi connectivity index (χ3n) is 4.10. The van der Waals surface area contributed by atoms with E-state index in [1.807, 2.05) is 0 Å². The van der Waals surface area contributed by atoms with Crippen molar-refractivity contribution in [2.75, 3.05) is 7.11 Å². The molecule has 0 saturated carbocycles. The number of hydrogen-bond acceptors (Lipinski definition) is 4. The molecule has 20 heavy (non-hydrogen) atoms. The van der Waals surface area contributed by atoms with E-state index in [0.717, 1.165) is 40.7 Å². The molecule has 2 N–H and O–H groups in total. The van der Waals surface area contributed by atoms with E-state index in [1.54, 1.807) is 25.3 Å². The highest BCUT2D eigenvalue weighted by molar-refractivity contribution is 5.86. The second kappa shape index (κ2) is 3.82. The minimum absolute atomic E-state index is 0.246. The van der Waals surface area contributed by atoms with Crippen LogP contribution in [0.4, 0.5) is 0 Å². The molecular formula is C16H14O4.